The number of carbonyl (C=O) groups excluding carboxylic acids is 1. The molecule has 3 rings (SSSR count). The molecule has 27 heavy (non-hydrogen) atoms. The van der Waals surface area contributed by atoms with Gasteiger partial charge in [0.05, 0.1) is 0 Å². The van der Waals surface area contributed by atoms with E-state index in [2.05, 4.69) is 15.0 Å². The molecule has 2 aromatic heterocycles. The van der Waals surface area contributed by atoms with Crippen LogP contribution in [0.5, 0.6) is 0 Å². The lowest BCUT2D eigenvalue weighted by Crippen LogP contribution is -2.36. The molecule has 0 saturated carbocycles. The van der Waals surface area contributed by atoms with Crippen molar-refractivity contribution in [1.29, 1.82) is 0 Å². The second kappa shape index (κ2) is 8.08. The third kappa shape index (κ3) is 4.56. The zero-order valence-corrected chi connectivity index (χ0v) is 16.2. The number of aryl methyl sites for hydroxylation is 2. The SMILES string of the molecule is Cc1cc(C)nc(-c2ccc(C(=O)N(C)[C@@H](C)Cc3ccccn3)cc2)n1. The predicted molar refractivity (Wildman–Crippen MR) is 106 cm³/mol. The van der Waals surface area contributed by atoms with Gasteiger partial charge in [0, 0.05) is 53.9 Å². The van der Waals surface area contributed by atoms with Crippen LogP contribution in [0.25, 0.3) is 11.4 Å². The van der Waals surface area contributed by atoms with Gasteiger partial charge in [-0.3, -0.25) is 9.78 Å². The van der Waals surface area contributed by atoms with Gasteiger partial charge in [0.15, 0.2) is 5.82 Å². The number of hydrogen-bond acceptors (Lipinski definition) is 4. The van der Waals surface area contributed by atoms with Crippen LogP contribution < -0.4 is 0 Å². The van der Waals surface area contributed by atoms with Gasteiger partial charge < -0.3 is 4.90 Å². The number of aromatic nitrogens is 3. The Morgan fingerprint density at radius 3 is 2.30 bits per heavy atom. The molecule has 0 fully saturated rings. The number of amides is 1. The molecule has 5 heteroatoms. The Hall–Kier alpha value is -3.08. The van der Waals surface area contributed by atoms with Crippen molar-refractivity contribution in [2.45, 2.75) is 33.2 Å². The maximum atomic E-state index is 12.8. The van der Waals surface area contributed by atoms with E-state index in [0.29, 0.717) is 11.4 Å². The highest BCUT2D eigenvalue weighted by Gasteiger charge is 2.18. The first-order valence-corrected chi connectivity index (χ1v) is 9.04. The van der Waals surface area contributed by atoms with Gasteiger partial charge in [0.1, 0.15) is 0 Å². The molecular formula is C22H24N4O. The van der Waals surface area contributed by atoms with Gasteiger partial charge in [-0.2, -0.15) is 0 Å². The lowest BCUT2D eigenvalue weighted by molar-refractivity contribution is 0.0743. The van der Waals surface area contributed by atoms with Crippen LogP contribution in [0.15, 0.2) is 54.7 Å². The highest BCUT2D eigenvalue weighted by atomic mass is 16.2. The van der Waals surface area contributed by atoms with E-state index in [1.807, 2.05) is 76.3 Å². The Morgan fingerprint density at radius 1 is 1.04 bits per heavy atom. The number of nitrogens with zero attached hydrogens (tertiary/aromatic N) is 4. The van der Waals surface area contributed by atoms with Crippen LogP contribution in [0.4, 0.5) is 0 Å². The van der Waals surface area contributed by atoms with Crippen molar-refractivity contribution in [2.24, 2.45) is 0 Å². The van der Waals surface area contributed by atoms with Crippen molar-refractivity contribution in [2.75, 3.05) is 7.05 Å². The quantitative estimate of drug-likeness (QED) is 0.693. The number of carbonyl (C=O) groups is 1. The molecule has 1 atom stereocenters. The molecule has 1 amide bonds. The van der Waals surface area contributed by atoms with Crippen LogP contribution in [0, 0.1) is 13.8 Å². The van der Waals surface area contributed by atoms with Crippen LogP contribution in [0.3, 0.4) is 0 Å². The zero-order chi connectivity index (χ0) is 19.4. The Bertz CT molecular complexity index is 903. The fraction of sp³-hybridized carbons (Fsp3) is 0.273. The van der Waals surface area contributed by atoms with E-state index in [-0.39, 0.29) is 11.9 Å². The molecule has 3 aromatic rings. The summed E-state index contributed by atoms with van der Waals surface area (Å²) in [5.74, 6) is 0.676. The molecule has 138 valence electrons. The van der Waals surface area contributed by atoms with E-state index >= 15 is 0 Å². The molecule has 1 aromatic carbocycles. The second-order valence-electron chi connectivity index (χ2n) is 6.84. The van der Waals surface area contributed by atoms with E-state index in [4.69, 9.17) is 0 Å². The van der Waals surface area contributed by atoms with Gasteiger partial charge in [0.2, 0.25) is 0 Å². The molecule has 0 spiro atoms. The Kier molecular flexibility index (Phi) is 5.60. The van der Waals surface area contributed by atoms with Crippen molar-refractivity contribution in [3.63, 3.8) is 0 Å². The van der Waals surface area contributed by atoms with Gasteiger partial charge in [-0.1, -0.05) is 18.2 Å². The fourth-order valence-electron chi connectivity index (χ4n) is 2.98. The maximum absolute atomic E-state index is 12.8. The molecule has 0 N–H and O–H groups in total. The first kappa shape index (κ1) is 18.7. The molecule has 5 nitrogen and oxygen atoms in total. The summed E-state index contributed by atoms with van der Waals surface area (Å²) in [5, 5.41) is 0. The summed E-state index contributed by atoms with van der Waals surface area (Å²) in [4.78, 5) is 27.9. The van der Waals surface area contributed by atoms with E-state index in [1.54, 1.807) is 11.1 Å². The van der Waals surface area contributed by atoms with Crippen molar-refractivity contribution in [3.05, 3.63) is 77.4 Å². The minimum Gasteiger partial charge on any atom is -0.339 e. The van der Waals surface area contributed by atoms with Crippen LogP contribution in [-0.4, -0.2) is 38.8 Å². The molecule has 0 radical (unpaired) electrons. The summed E-state index contributed by atoms with van der Waals surface area (Å²) in [7, 11) is 1.83. The number of rotatable bonds is 5. The largest absolute Gasteiger partial charge is 0.339 e. The minimum atomic E-state index is -0.00803. The van der Waals surface area contributed by atoms with Crippen LogP contribution in [0.1, 0.15) is 34.4 Å². The number of benzene rings is 1. The number of pyridine rings is 1. The van der Waals surface area contributed by atoms with Crippen molar-refractivity contribution in [3.8, 4) is 11.4 Å². The normalized spacial score (nSPS) is 11.9. The van der Waals surface area contributed by atoms with Gasteiger partial charge >= 0.3 is 0 Å². The smallest absolute Gasteiger partial charge is 0.253 e. The van der Waals surface area contributed by atoms with Crippen molar-refractivity contribution < 1.29 is 4.79 Å². The molecule has 0 unspecified atom stereocenters. The zero-order valence-electron chi connectivity index (χ0n) is 16.2. The predicted octanol–water partition coefficient (Wildman–Crippen LogP) is 3.86. The summed E-state index contributed by atoms with van der Waals surface area (Å²) in [6.07, 6.45) is 2.50. The third-order valence-electron chi connectivity index (χ3n) is 4.58. The highest BCUT2D eigenvalue weighted by Crippen LogP contribution is 2.18. The second-order valence-corrected chi connectivity index (χ2v) is 6.84. The Morgan fingerprint density at radius 2 is 1.70 bits per heavy atom. The molecule has 0 aliphatic carbocycles. The number of hydrogen-bond donors (Lipinski definition) is 0. The average molecular weight is 360 g/mol. The first-order valence-electron chi connectivity index (χ1n) is 9.04. The molecule has 0 aliphatic heterocycles. The average Bonchev–Trinajstić information content (AvgIpc) is 2.67. The van der Waals surface area contributed by atoms with Crippen LogP contribution in [-0.2, 0) is 6.42 Å². The Labute approximate surface area is 160 Å². The maximum Gasteiger partial charge on any atom is 0.253 e. The highest BCUT2D eigenvalue weighted by molar-refractivity contribution is 5.94. The Balaban J connectivity index is 1.73. The monoisotopic (exact) mass is 360 g/mol. The summed E-state index contributed by atoms with van der Waals surface area (Å²) < 4.78 is 0. The molecule has 2 heterocycles. The van der Waals surface area contributed by atoms with E-state index in [0.717, 1.165) is 29.1 Å². The van der Waals surface area contributed by atoms with Gasteiger partial charge in [-0.05, 0) is 51.1 Å². The summed E-state index contributed by atoms with van der Waals surface area (Å²) >= 11 is 0. The topological polar surface area (TPSA) is 59.0 Å². The van der Waals surface area contributed by atoms with Crippen molar-refractivity contribution >= 4 is 5.91 Å². The van der Waals surface area contributed by atoms with Gasteiger partial charge in [0.25, 0.3) is 5.91 Å². The summed E-state index contributed by atoms with van der Waals surface area (Å²) in [6.45, 7) is 5.94. The van der Waals surface area contributed by atoms with Crippen LogP contribution in [0.2, 0.25) is 0 Å². The minimum absolute atomic E-state index is 0.00803. The molecule has 0 aliphatic rings. The third-order valence-corrected chi connectivity index (χ3v) is 4.58. The first-order chi connectivity index (χ1) is 12.9. The molecular weight excluding hydrogens is 336 g/mol. The summed E-state index contributed by atoms with van der Waals surface area (Å²) in [6, 6.07) is 15.3. The van der Waals surface area contributed by atoms with Gasteiger partial charge in [-0.15, -0.1) is 0 Å². The fourth-order valence-corrected chi connectivity index (χ4v) is 2.98. The lowest BCUT2D eigenvalue weighted by Gasteiger charge is -2.25. The van der Waals surface area contributed by atoms with E-state index in [1.165, 1.54) is 0 Å². The van der Waals surface area contributed by atoms with E-state index in [9.17, 15) is 4.79 Å². The number of likely N-dealkylation sites (N-methyl/N-ethyl adjacent to an activating group) is 1. The van der Waals surface area contributed by atoms with E-state index < -0.39 is 0 Å². The standard InChI is InChI=1S/C22H24N4O/c1-15-13-16(2)25-21(24-15)18-8-10-19(11-9-18)22(27)26(4)17(3)14-20-7-5-6-12-23-20/h5-13,17H,14H2,1-4H3/t17-/m0/s1. The molecule has 0 saturated heterocycles. The van der Waals surface area contributed by atoms with Crippen molar-refractivity contribution in [1.82, 2.24) is 19.9 Å². The lowest BCUT2D eigenvalue weighted by atomic mass is 10.1. The van der Waals surface area contributed by atoms with Gasteiger partial charge in [-0.25, -0.2) is 9.97 Å². The molecule has 0 bridgehead atoms. The summed E-state index contributed by atoms with van der Waals surface area (Å²) in [5.41, 5.74) is 4.40. The van der Waals surface area contributed by atoms with Crippen LogP contribution >= 0.6 is 0 Å².